The Hall–Kier alpha value is -1.49. The van der Waals surface area contributed by atoms with E-state index in [9.17, 15) is 8.78 Å². The molecule has 2 unspecified atom stereocenters. The number of benzene rings is 1. The second kappa shape index (κ2) is 4.50. The molecule has 2 saturated carbocycles. The van der Waals surface area contributed by atoms with E-state index < -0.39 is 17.8 Å². The van der Waals surface area contributed by atoms with Crippen molar-refractivity contribution in [1.29, 1.82) is 0 Å². The molecule has 110 valence electrons. The number of aromatic nitrogens is 3. The van der Waals surface area contributed by atoms with Gasteiger partial charge in [-0.3, -0.25) is 0 Å². The highest BCUT2D eigenvalue weighted by atomic mass is 35.5. The lowest BCUT2D eigenvalue weighted by atomic mass is 10.0. The van der Waals surface area contributed by atoms with Crippen molar-refractivity contribution in [3.05, 3.63) is 35.6 Å². The first-order valence-corrected chi connectivity index (χ1v) is 7.47. The number of fused-ring (bicyclic) bond motifs is 1. The Labute approximate surface area is 125 Å². The van der Waals surface area contributed by atoms with Crippen molar-refractivity contribution in [3.63, 3.8) is 0 Å². The highest BCUT2D eigenvalue weighted by Gasteiger charge is 2.71. The van der Waals surface area contributed by atoms with Gasteiger partial charge in [0.15, 0.2) is 5.82 Å². The Morgan fingerprint density at radius 3 is 2.52 bits per heavy atom. The molecule has 2 aliphatic carbocycles. The van der Waals surface area contributed by atoms with Gasteiger partial charge in [0.05, 0.1) is 0 Å². The Kier molecular flexibility index (Phi) is 2.83. The van der Waals surface area contributed by atoms with E-state index in [0.29, 0.717) is 30.5 Å². The van der Waals surface area contributed by atoms with E-state index in [0.717, 1.165) is 5.56 Å². The topological polar surface area (TPSA) is 30.7 Å². The first-order valence-electron chi connectivity index (χ1n) is 7.09. The van der Waals surface area contributed by atoms with Gasteiger partial charge in [-0.05, 0) is 30.4 Å². The Morgan fingerprint density at radius 1 is 1.19 bits per heavy atom. The van der Waals surface area contributed by atoms with Gasteiger partial charge >= 0.3 is 0 Å². The van der Waals surface area contributed by atoms with Crippen LogP contribution in [0.4, 0.5) is 8.78 Å². The molecule has 0 bridgehead atoms. The molecular weight excluding hydrogens is 296 g/mol. The van der Waals surface area contributed by atoms with Gasteiger partial charge in [0, 0.05) is 23.9 Å². The van der Waals surface area contributed by atoms with Gasteiger partial charge in [-0.1, -0.05) is 30.3 Å². The molecule has 4 rings (SSSR count). The summed E-state index contributed by atoms with van der Waals surface area (Å²) >= 11 is 6.12. The van der Waals surface area contributed by atoms with Crippen LogP contribution in [0.25, 0.3) is 11.4 Å². The molecule has 3 nitrogen and oxygen atoms in total. The number of rotatable bonds is 3. The standard InChI is InChI=1S/C15H14ClF2N3/c16-14-19-13(10-4-2-1-3-5-10)20-21(14)8-9-6-11-12(7-9)15(11,17)18/h1-5,9,11-12H,6-8H2. The van der Waals surface area contributed by atoms with Crippen LogP contribution in [0, 0.1) is 17.8 Å². The predicted octanol–water partition coefficient (Wildman–Crippen LogP) is 3.89. The lowest BCUT2D eigenvalue weighted by Crippen LogP contribution is -2.15. The summed E-state index contributed by atoms with van der Waals surface area (Å²) in [6.45, 7) is 0.571. The molecule has 0 spiro atoms. The van der Waals surface area contributed by atoms with Gasteiger partial charge in [-0.25, -0.2) is 13.5 Å². The van der Waals surface area contributed by atoms with Gasteiger partial charge in [-0.2, -0.15) is 4.98 Å². The van der Waals surface area contributed by atoms with Crippen LogP contribution >= 0.6 is 11.6 Å². The van der Waals surface area contributed by atoms with Crippen LogP contribution in [0.3, 0.4) is 0 Å². The number of hydrogen-bond donors (Lipinski definition) is 0. The molecule has 0 N–H and O–H groups in total. The number of hydrogen-bond acceptors (Lipinski definition) is 2. The minimum atomic E-state index is -2.42. The second-order valence-corrected chi connectivity index (χ2v) is 6.32. The van der Waals surface area contributed by atoms with Gasteiger partial charge in [0.25, 0.3) is 5.92 Å². The molecule has 1 aromatic heterocycles. The van der Waals surface area contributed by atoms with Crippen molar-refractivity contribution >= 4 is 11.6 Å². The van der Waals surface area contributed by atoms with Crippen molar-refractivity contribution in [3.8, 4) is 11.4 Å². The van der Waals surface area contributed by atoms with Crippen molar-refractivity contribution in [2.24, 2.45) is 17.8 Å². The predicted molar refractivity (Wildman–Crippen MR) is 75.1 cm³/mol. The number of halogens is 3. The van der Waals surface area contributed by atoms with Gasteiger partial charge < -0.3 is 0 Å². The fourth-order valence-corrected chi connectivity index (χ4v) is 3.65. The molecule has 0 radical (unpaired) electrons. The monoisotopic (exact) mass is 309 g/mol. The third-order valence-corrected chi connectivity index (χ3v) is 4.91. The quantitative estimate of drug-likeness (QED) is 0.861. The molecular formula is C15H14ClF2N3. The third-order valence-electron chi connectivity index (χ3n) is 4.63. The summed E-state index contributed by atoms with van der Waals surface area (Å²) in [5.74, 6) is -2.45. The summed E-state index contributed by atoms with van der Waals surface area (Å²) in [6, 6.07) is 9.59. The molecule has 2 aliphatic rings. The molecule has 21 heavy (non-hydrogen) atoms. The smallest absolute Gasteiger partial charge is 0.236 e. The first-order chi connectivity index (χ1) is 10.1. The van der Waals surface area contributed by atoms with Crippen molar-refractivity contribution < 1.29 is 8.78 Å². The van der Waals surface area contributed by atoms with Crippen molar-refractivity contribution in [1.82, 2.24) is 14.8 Å². The van der Waals surface area contributed by atoms with Crippen LogP contribution in [0.2, 0.25) is 5.28 Å². The summed E-state index contributed by atoms with van der Waals surface area (Å²) in [7, 11) is 0. The molecule has 1 aromatic carbocycles. The van der Waals surface area contributed by atoms with Crippen molar-refractivity contribution in [2.45, 2.75) is 25.3 Å². The third kappa shape index (κ3) is 2.14. The van der Waals surface area contributed by atoms with Gasteiger partial charge in [0.1, 0.15) is 0 Å². The van der Waals surface area contributed by atoms with Crippen molar-refractivity contribution in [2.75, 3.05) is 0 Å². The van der Waals surface area contributed by atoms with E-state index in [1.165, 1.54) is 0 Å². The molecule has 2 aromatic rings. The molecule has 0 aliphatic heterocycles. The minimum absolute atomic E-state index is 0.224. The van der Waals surface area contributed by atoms with Crippen LogP contribution in [0.5, 0.6) is 0 Å². The zero-order valence-electron chi connectivity index (χ0n) is 11.2. The lowest BCUT2D eigenvalue weighted by molar-refractivity contribution is 0.0617. The fourth-order valence-electron chi connectivity index (χ4n) is 3.46. The molecule has 6 heteroatoms. The van der Waals surface area contributed by atoms with E-state index in [1.54, 1.807) is 4.68 Å². The first kappa shape index (κ1) is 13.2. The van der Waals surface area contributed by atoms with E-state index in [4.69, 9.17) is 11.6 Å². The average molecular weight is 310 g/mol. The minimum Gasteiger partial charge on any atom is -0.236 e. The summed E-state index contributed by atoms with van der Waals surface area (Å²) in [5.41, 5.74) is 0.902. The maximum absolute atomic E-state index is 13.2. The van der Waals surface area contributed by atoms with E-state index >= 15 is 0 Å². The van der Waals surface area contributed by atoms with Crippen LogP contribution in [0.15, 0.2) is 30.3 Å². The fraction of sp³-hybridized carbons (Fsp3) is 0.467. The maximum atomic E-state index is 13.2. The largest absolute Gasteiger partial charge is 0.254 e. The summed E-state index contributed by atoms with van der Waals surface area (Å²) in [4.78, 5) is 4.25. The van der Waals surface area contributed by atoms with Gasteiger partial charge in [-0.15, -0.1) is 5.10 Å². The van der Waals surface area contributed by atoms with E-state index in [-0.39, 0.29) is 5.92 Å². The molecule has 0 amide bonds. The summed E-state index contributed by atoms with van der Waals surface area (Å²) < 4.78 is 28.0. The molecule has 2 atom stereocenters. The lowest BCUT2D eigenvalue weighted by Gasteiger charge is -2.13. The van der Waals surface area contributed by atoms with Gasteiger partial charge in [0.2, 0.25) is 5.28 Å². The van der Waals surface area contributed by atoms with Crippen LogP contribution in [-0.4, -0.2) is 20.7 Å². The molecule has 2 fully saturated rings. The zero-order chi connectivity index (χ0) is 14.6. The van der Waals surface area contributed by atoms with E-state index in [1.807, 2.05) is 30.3 Å². The highest BCUT2D eigenvalue weighted by Crippen LogP contribution is 2.65. The van der Waals surface area contributed by atoms with Crippen LogP contribution < -0.4 is 0 Å². The number of nitrogens with zero attached hydrogens (tertiary/aromatic N) is 3. The summed E-state index contributed by atoms with van der Waals surface area (Å²) in [6.07, 6.45) is 1.13. The highest BCUT2D eigenvalue weighted by molar-refractivity contribution is 6.28. The number of alkyl halides is 2. The van der Waals surface area contributed by atoms with E-state index in [2.05, 4.69) is 10.1 Å². The van der Waals surface area contributed by atoms with Crippen LogP contribution in [0.1, 0.15) is 12.8 Å². The zero-order valence-corrected chi connectivity index (χ0v) is 12.0. The summed E-state index contributed by atoms with van der Waals surface area (Å²) in [5, 5.41) is 4.73. The SMILES string of the molecule is FC1(F)C2CC(Cn3nc(-c4ccccc4)nc3Cl)CC21. The molecule has 1 heterocycles. The second-order valence-electron chi connectivity index (χ2n) is 5.98. The molecule has 0 saturated heterocycles. The average Bonchev–Trinajstić information content (AvgIpc) is 2.88. The Balaban J connectivity index is 1.49. The maximum Gasteiger partial charge on any atom is 0.254 e. The normalized spacial score (nSPS) is 29.4. The van der Waals surface area contributed by atoms with Crippen LogP contribution in [-0.2, 0) is 6.54 Å². The Morgan fingerprint density at radius 2 is 1.86 bits per heavy atom. The Bertz CT molecular complexity index is 657.